The van der Waals surface area contributed by atoms with Gasteiger partial charge >= 0.3 is 0 Å². The van der Waals surface area contributed by atoms with Crippen LogP contribution < -0.4 is 16.0 Å². The van der Waals surface area contributed by atoms with Crippen molar-refractivity contribution < 1.29 is 22.3 Å². The first-order valence-electron chi connectivity index (χ1n) is 5.41. The third-order valence-electron chi connectivity index (χ3n) is 2.39. The standard InChI is InChI=1S/C12H9F4N3O/c13-7-4-8(14)11(16)12(10(7)15)20-5-6-2-1-3-9(18-6)19-17/h1-4H,5,17H2,(H,18,19). The van der Waals surface area contributed by atoms with E-state index >= 15 is 0 Å². The summed E-state index contributed by atoms with van der Waals surface area (Å²) in [6, 6.07) is 4.72. The van der Waals surface area contributed by atoms with E-state index < -0.39 is 29.0 Å². The Morgan fingerprint density at radius 3 is 2.35 bits per heavy atom. The molecule has 1 aromatic carbocycles. The molecular weight excluding hydrogens is 278 g/mol. The van der Waals surface area contributed by atoms with E-state index in [9.17, 15) is 17.6 Å². The van der Waals surface area contributed by atoms with Crippen LogP contribution in [0.4, 0.5) is 23.4 Å². The van der Waals surface area contributed by atoms with Crippen molar-refractivity contribution in [3.63, 3.8) is 0 Å². The quantitative estimate of drug-likeness (QED) is 0.392. The molecule has 0 spiro atoms. The molecule has 0 aliphatic rings. The molecule has 8 heteroatoms. The van der Waals surface area contributed by atoms with E-state index in [1.54, 1.807) is 12.1 Å². The number of ether oxygens (including phenoxy) is 1. The molecule has 0 unspecified atom stereocenters. The number of hydrogen-bond donors (Lipinski definition) is 2. The Balaban J connectivity index is 2.22. The first kappa shape index (κ1) is 14.1. The number of nitrogen functional groups attached to an aromatic ring is 1. The topological polar surface area (TPSA) is 60.2 Å². The molecule has 0 amide bonds. The number of aromatic nitrogens is 1. The molecule has 20 heavy (non-hydrogen) atoms. The molecule has 0 fully saturated rings. The monoisotopic (exact) mass is 287 g/mol. The van der Waals surface area contributed by atoms with Gasteiger partial charge in [-0.05, 0) is 12.1 Å². The summed E-state index contributed by atoms with van der Waals surface area (Å²) in [5.41, 5.74) is 2.54. The fourth-order valence-corrected chi connectivity index (χ4v) is 1.46. The summed E-state index contributed by atoms with van der Waals surface area (Å²) < 4.78 is 57.3. The van der Waals surface area contributed by atoms with Crippen LogP contribution in [0.25, 0.3) is 0 Å². The Kier molecular flexibility index (Phi) is 4.04. The highest BCUT2D eigenvalue weighted by Gasteiger charge is 2.20. The second-order valence-corrected chi connectivity index (χ2v) is 3.74. The van der Waals surface area contributed by atoms with Crippen LogP contribution >= 0.6 is 0 Å². The Labute approximate surface area is 111 Å². The summed E-state index contributed by atoms with van der Waals surface area (Å²) in [5, 5.41) is 0. The van der Waals surface area contributed by atoms with Crippen molar-refractivity contribution in [2.24, 2.45) is 5.84 Å². The van der Waals surface area contributed by atoms with Gasteiger partial charge in [0.05, 0.1) is 5.69 Å². The maximum Gasteiger partial charge on any atom is 0.203 e. The molecule has 0 aliphatic heterocycles. The van der Waals surface area contributed by atoms with E-state index in [0.717, 1.165) is 0 Å². The van der Waals surface area contributed by atoms with Gasteiger partial charge in [-0.2, -0.15) is 8.78 Å². The predicted molar refractivity (Wildman–Crippen MR) is 62.7 cm³/mol. The molecule has 0 atom stereocenters. The lowest BCUT2D eigenvalue weighted by atomic mass is 10.3. The minimum Gasteiger partial charge on any atom is -0.481 e. The van der Waals surface area contributed by atoms with E-state index in [2.05, 4.69) is 10.4 Å². The van der Waals surface area contributed by atoms with Crippen LogP contribution in [0.15, 0.2) is 24.3 Å². The third-order valence-corrected chi connectivity index (χ3v) is 2.39. The third kappa shape index (κ3) is 2.80. The van der Waals surface area contributed by atoms with Gasteiger partial charge in [0.25, 0.3) is 0 Å². The van der Waals surface area contributed by atoms with Crippen LogP contribution in [0.3, 0.4) is 0 Å². The number of halogens is 4. The molecule has 4 nitrogen and oxygen atoms in total. The van der Waals surface area contributed by atoms with Crippen molar-refractivity contribution in [1.29, 1.82) is 0 Å². The summed E-state index contributed by atoms with van der Waals surface area (Å²) in [5.74, 6) is -1.96. The molecule has 0 radical (unpaired) electrons. The Bertz CT molecular complexity index is 610. The number of nitrogens with zero attached hydrogens (tertiary/aromatic N) is 1. The lowest BCUT2D eigenvalue weighted by Gasteiger charge is -2.09. The molecule has 0 bridgehead atoms. The molecule has 1 aromatic heterocycles. The van der Waals surface area contributed by atoms with Gasteiger partial charge in [-0.1, -0.05) is 6.07 Å². The van der Waals surface area contributed by atoms with E-state index in [4.69, 9.17) is 10.6 Å². The number of pyridine rings is 1. The highest BCUT2D eigenvalue weighted by atomic mass is 19.2. The van der Waals surface area contributed by atoms with Gasteiger partial charge in [0, 0.05) is 6.07 Å². The minimum atomic E-state index is -1.60. The highest BCUT2D eigenvalue weighted by molar-refractivity contribution is 5.34. The van der Waals surface area contributed by atoms with Gasteiger partial charge in [0.2, 0.25) is 11.6 Å². The molecular formula is C12H9F4N3O. The predicted octanol–water partition coefficient (Wildman–Crippen LogP) is 2.50. The zero-order chi connectivity index (χ0) is 14.7. The van der Waals surface area contributed by atoms with Crippen molar-refractivity contribution >= 4 is 5.82 Å². The Morgan fingerprint density at radius 1 is 1.10 bits per heavy atom. The van der Waals surface area contributed by atoms with Gasteiger partial charge in [-0.15, -0.1) is 0 Å². The summed E-state index contributed by atoms with van der Waals surface area (Å²) in [4.78, 5) is 3.92. The fourth-order valence-electron chi connectivity index (χ4n) is 1.46. The molecule has 2 rings (SSSR count). The zero-order valence-corrected chi connectivity index (χ0v) is 9.96. The second kappa shape index (κ2) is 5.74. The van der Waals surface area contributed by atoms with Crippen LogP contribution in [0.5, 0.6) is 5.75 Å². The number of rotatable bonds is 4. The lowest BCUT2D eigenvalue weighted by molar-refractivity contribution is 0.258. The van der Waals surface area contributed by atoms with Crippen molar-refractivity contribution in [1.82, 2.24) is 4.98 Å². The largest absolute Gasteiger partial charge is 0.481 e. The molecule has 0 saturated heterocycles. The first-order valence-corrected chi connectivity index (χ1v) is 5.41. The maximum atomic E-state index is 13.3. The molecule has 0 aliphatic carbocycles. The van der Waals surface area contributed by atoms with Gasteiger partial charge in [0.15, 0.2) is 17.4 Å². The highest BCUT2D eigenvalue weighted by Crippen LogP contribution is 2.27. The van der Waals surface area contributed by atoms with Crippen LogP contribution in [-0.4, -0.2) is 4.98 Å². The van der Waals surface area contributed by atoms with Crippen molar-refractivity contribution in [3.8, 4) is 5.75 Å². The van der Waals surface area contributed by atoms with Crippen LogP contribution in [-0.2, 0) is 6.61 Å². The number of anilines is 1. The first-order chi connectivity index (χ1) is 9.52. The van der Waals surface area contributed by atoms with Gasteiger partial charge < -0.3 is 10.2 Å². The smallest absolute Gasteiger partial charge is 0.203 e. The number of nitrogens with two attached hydrogens (primary N) is 1. The van der Waals surface area contributed by atoms with Crippen molar-refractivity contribution in [2.45, 2.75) is 6.61 Å². The molecule has 106 valence electrons. The van der Waals surface area contributed by atoms with Crippen LogP contribution in [0.2, 0.25) is 0 Å². The average Bonchev–Trinajstić information content (AvgIpc) is 2.45. The summed E-state index contributed by atoms with van der Waals surface area (Å²) in [6.45, 7) is -0.383. The molecule has 1 heterocycles. The molecule has 3 N–H and O–H groups in total. The van der Waals surface area contributed by atoms with E-state index in [1.165, 1.54) is 6.07 Å². The van der Waals surface area contributed by atoms with E-state index in [0.29, 0.717) is 5.82 Å². The lowest BCUT2D eigenvalue weighted by Crippen LogP contribution is -2.10. The molecule has 0 saturated carbocycles. The Hall–Kier alpha value is -2.35. The number of hydrogen-bond acceptors (Lipinski definition) is 4. The summed E-state index contributed by atoms with van der Waals surface area (Å²) >= 11 is 0. The summed E-state index contributed by atoms with van der Waals surface area (Å²) in [7, 11) is 0. The van der Waals surface area contributed by atoms with E-state index in [-0.39, 0.29) is 18.4 Å². The van der Waals surface area contributed by atoms with Crippen molar-refractivity contribution in [3.05, 3.63) is 53.2 Å². The van der Waals surface area contributed by atoms with Gasteiger partial charge in [0.1, 0.15) is 12.4 Å². The number of nitrogens with one attached hydrogen (secondary N) is 1. The minimum absolute atomic E-state index is 0.106. The average molecular weight is 287 g/mol. The normalized spacial score (nSPS) is 10.4. The van der Waals surface area contributed by atoms with Gasteiger partial charge in [-0.3, -0.25) is 0 Å². The Morgan fingerprint density at radius 2 is 1.75 bits per heavy atom. The molecule has 2 aromatic rings. The fraction of sp³-hybridized carbons (Fsp3) is 0.0833. The number of benzene rings is 1. The zero-order valence-electron chi connectivity index (χ0n) is 9.96. The number of hydrazine groups is 1. The van der Waals surface area contributed by atoms with Gasteiger partial charge in [-0.25, -0.2) is 19.6 Å². The van der Waals surface area contributed by atoms with Crippen LogP contribution in [0.1, 0.15) is 5.69 Å². The SMILES string of the molecule is NNc1cccc(COc2c(F)c(F)cc(F)c2F)n1. The van der Waals surface area contributed by atoms with Crippen molar-refractivity contribution in [2.75, 3.05) is 5.43 Å². The second-order valence-electron chi connectivity index (χ2n) is 3.74. The van der Waals surface area contributed by atoms with E-state index in [1.807, 2.05) is 0 Å². The maximum absolute atomic E-state index is 13.3. The van der Waals surface area contributed by atoms with Crippen LogP contribution in [0, 0.1) is 23.3 Å². The summed E-state index contributed by atoms with van der Waals surface area (Å²) in [6.07, 6.45) is 0.